The summed E-state index contributed by atoms with van der Waals surface area (Å²) in [5.41, 5.74) is 6.45. The molecule has 0 aromatic carbocycles. The van der Waals surface area contributed by atoms with Gasteiger partial charge in [0.25, 0.3) is 5.56 Å². The average Bonchev–Trinajstić information content (AvgIpc) is 2.56. The van der Waals surface area contributed by atoms with Crippen molar-refractivity contribution >= 4 is 17.0 Å². The second-order valence-electron chi connectivity index (χ2n) is 3.14. The summed E-state index contributed by atoms with van der Waals surface area (Å²) in [6.45, 7) is 2.32. The van der Waals surface area contributed by atoms with E-state index in [0.29, 0.717) is 12.2 Å². The monoisotopic (exact) mass is 222 g/mol. The second-order valence-corrected chi connectivity index (χ2v) is 4.20. The molecule has 2 aromatic heterocycles. The van der Waals surface area contributed by atoms with Gasteiger partial charge < -0.3 is 5.73 Å². The van der Waals surface area contributed by atoms with Crippen LogP contribution >= 0.6 is 11.3 Å². The van der Waals surface area contributed by atoms with Crippen LogP contribution in [0.15, 0.2) is 22.4 Å². The molecule has 0 aliphatic heterocycles. The third-order valence-electron chi connectivity index (χ3n) is 1.87. The van der Waals surface area contributed by atoms with Gasteiger partial charge >= 0.3 is 0 Å². The molecular weight excluding hydrogens is 212 g/mol. The molecule has 0 amide bonds. The summed E-state index contributed by atoms with van der Waals surface area (Å²) >= 11 is 1.55. The van der Waals surface area contributed by atoms with E-state index in [4.69, 9.17) is 5.73 Å². The van der Waals surface area contributed by atoms with Gasteiger partial charge in [-0.1, -0.05) is 0 Å². The number of thiazole rings is 1. The number of hydrogen-bond acceptors (Lipinski definition) is 5. The first-order valence-corrected chi connectivity index (χ1v) is 5.27. The van der Waals surface area contributed by atoms with Gasteiger partial charge in [-0.2, -0.15) is 5.10 Å². The van der Waals surface area contributed by atoms with Crippen molar-refractivity contribution in [2.24, 2.45) is 0 Å². The van der Waals surface area contributed by atoms with Crippen LogP contribution in [0.2, 0.25) is 0 Å². The quantitative estimate of drug-likeness (QED) is 0.809. The largest absolute Gasteiger partial charge is 0.397 e. The molecule has 2 aromatic rings. The van der Waals surface area contributed by atoms with Crippen molar-refractivity contribution in [3.63, 3.8) is 0 Å². The van der Waals surface area contributed by atoms with Crippen LogP contribution in [0.4, 0.5) is 5.69 Å². The lowest BCUT2D eigenvalue weighted by Crippen LogP contribution is -2.23. The molecule has 5 nitrogen and oxygen atoms in total. The van der Waals surface area contributed by atoms with E-state index in [1.165, 1.54) is 16.9 Å². The summed E-state index contributed by atoms with van der Waals surface area (Å²) in [5, 5.41) is 6.82. The molecule has 15 heavy (non-hydrogen) atoms. The van der Waals surface area contributed by atoms with E-state index < -0.39 is 0 Å². The highest BCUT2D eigenvalue weighted by atomic mass is 32.1. The number of hydrogen-bond donors (Lipinski definition) is 1. The predicted molar refractivity (Wildman–Crippen MR) is 58.9 cm³/mol. The first-order valence-electron chi connectivity index (χ1n) is 4.39. The Kier molecular flexibility index (Phi) is 2.51. The average molecular weight is 222 g/mol. The number of nitrogens with two attached hydrogens (primary N) is 1. The molecule has 0 bridgehead atoms. The van der Waals surface area contributed by atoms with Crippen LogP contribution < -0.4 is 11.3 Å². The normalized spacial score (nSPS) is 10.5. The van der Waals surface area contributed by atoms with E-state index in [1.54, 1.807) is 11.3 Å². The maximum absolute atomic E-state index is 11.4. The summed E-state index contributed by atoms with van der Waals surface area (Å²) < 4.78 is 1.34. The molecule has 2 N–H and O–H groups in total. The van der Waals surface area contributed by atoms with E-state index in [9.17, 15) is 4.79 Å². The van der Waals surface area contributed by atoms with Crippen LogP contribution in [0.25, 0.3) is 0 Å². The Labute approximate surface area is 90.2 Å². The van der Waals surface area contributed by atoms with Gasteiger partial charge in [-0.25, -0.2) is 9.67 Å². The summed E-state index contributed by atoms with van der Waals surface area (Å²) in [5.74, 6) is 0. The molecule has 78 valence electrons. The maximum atomic E-state index is 11.4. The van der Waals surface area contributed by atoms with Gasteiger partial charge in [-0.05, 0) is 6.92 Å². The molecule has 0 saturated carbocycles. The standard InChI is InChI=1S/C9H10N4OS/c1-6-12-8(5-15-6)4-13-9(14)2-7(10)3-11-13/h2-3,5H,4,10H2,1H3. The number of aryl methyl sites for hydroxylation is 1. The predicted octanol–water partition coefficient (Wildman–Crippen LogP) is 0.639. The highest BCUT2D eigenvalue weighted by molar-refractivity contribution is 7.09. The SMILES string of the molecule is Cc1nc(Cn2ncc(N)cc2=O)cs1. The van der Waals surface area contributed by atoms with Crippen molar-refractivity contribution in [2.45, 2.75) is 13.5 Å². The lowest BCUT2D eigenvalue weighted by molar-refractivity contribution is 0.631. The Balaban J connectivity index is 2.28. The van der Waals surface area contributed by atoms with Crippen LogP contribution in [0, 0.1) is 6.92 Å². The van der Waals surface area contributed by atoms with Crippen LogP contribution in [0.3, 0.4) is 0 Å². The lowest BCUT2D eigenvalue weighted by Gasteiger charge is -2.01. The highest BCUT2D eigenvalue weighted by Crippen LogP contribution is 2.08. The van der Waals surface area contributed by atoms with Gasteiger partial charge in [0.05, 0.1) is 29.1 Å². The van der Waals surface area contributed by atoms with Crippen molar-refractivity contribution < 1.29 is 0 Å². The van der Waals surface area contributed by atoms with Crippen molar-refractivity contribution in [2.75, 3.05) is 5.73 Å². The minimum Gasteiger partial charge on any atom is -0.397 e. The number of aromatic nitrogens is 3. The molecule has 0 fully saturated rings. The van der Waals surface area contributed by atoms with Gasteiger partial charge in [-0.3, -0.25) is 4.79 Å². The van der Waals surface area contributed by atoms with Gasteiger partial charge in [0.2, 0.25) is 0 Å². The molecule has 0 atom stereocenters. The molecule has 2 rings (SSSR count). The Morgan fingerprint density at radius 1 is 1.60 bits per heavy atom. The summed E-state index contributed by atoms with van der Waals surface area (Å²) in [6.07, 6.45) is 1.46. The maximum Gasteiger partial charge on any atom is 0.269 e. The number of rotatable bonds is 2. The fourth-order valence-electron chi connectivity index (χ4n) is 1.20. The fraction of sp³-hybridized carbons (Fsp3) is 0.222. The molecule has 2 heterocycles. The smallest absolute Gasteiger partial charge is 0.269 e. The zero-order valence-electron chi connectivity index (χ0n) is 8.17. The van der Waals surface area contributed by atoms with Crippen molar-refractivity contribution in [1.82, 2.24) is 14.8 Å². The van der Waals surface area contributed by atoms with E-state index in [1.807, 2.05) is 12.3 Å². The third-order valence-corrected chi connectivity index (χ3v) is 2.69. The van der Waals surface area contributed by atoms with Crippen LogP contribution in [0.1, 0.15) is 10.7 Å². The van der Waals surface area contributed by atoms with E-state index in [-0.39, 0.29) is 5.56 Å². The van der Waals surface area contributed by atoms with Crippen LogP contribution in [-0.4, -0.2) is 14.8 Å². The molecule has 0 saturated heterocycles. The second kappa shape index (κ2) is 3.82. The van der Waals surface area contributed by atoms with E-state index >= 15 is 0 Å². The van der Waals surface area contributed by atoms with Crippen molar-refractivity contribution in [3.05, 3.63) is 38.7 Å². The minimum absolute atomic E-state index is 0.208. The van der Waals surface area contributed by atoms with Gasteiger partial charge in [-0.15, -0.1) is 11.3 Å². The zero-order valence-corrected chi connectivity index (χ0v) is 8.99. The number of anilines is 1. The Bertz CT molecular complexity index is 531. The molecule has 0 spiro atoms. The minimum atomic E-state index is -0.208. The summed E-state index contributed by atoms with van der Waals surface area (Å²) in [6, 6.07) is 1.35. The fourth-order valence-corrected chi connectivity index (χ4v) is 1.80. The van der Waals surface area contributed by atoms with E-state index in [0.717, 1.165) is 10.7 Å². The lowest BCUT2D eigenvalue weighted by atomic mass is 10.4. The molecule has 0 aliphatic rings. The number of nitrogen functional groups attached to an aromatic ring is 1. The molecule has 6 heteroatoms. The van der Waals surface area contributed by atoms with Crippen molar-refractivity contribution in [3.8, 4) is 0 Å². The molecule has 0 unspecified atom stereocenters. The Morgan fingerprint density at radius 2 is 2.40 bits per heavy atom. The summed E-state index contributed by atoms with van der Waals surface area (Å²) in [4.78, 5) is 15.7. The topological polar surface area (TPSA) is 73.8 Å². The summed E-state index contributed by atoms with van der Waals surface area (Å²) in [7, 11) is 0. The van der Waals surface area contributed by atoms with E-state index in [2.05, 4.69) is 10.1 Å². The molecular formula is C9H10N4OS. The van der Waals surface area contributed by atoms with Crippen LogP contribution in [0.5, 0.6) is 0 Å². The molecule has 0 radical (unpaired) electrons. The van der Waals surface area contributed by atoms with Gasteiger partial charge in [0, 0.05) is 11.4 Å². The number of nitrogens with zero attached hydrogens (tertiary/aromatic N) is 3. The first kappa shape index (κ1) is 9.85. The van der Waals surface area contributed by atoms with Gasteiger partial charge in [0.15, 0.2) is 0 Å². The third kappa shape index (κ3) is 2.21. The first-order chi connectivity index (χ1) is 7.15. The van der Waals surface area contributed by atoms with Crippen molar-refractivity contribution in [1.29, 1.82) is 0 Å². The zero-order chi connectivity index (χ0) is 10.8. The Morgan fingerprint density at radius 3 is 3.00 bits per heavy atom. The highest BCUT2D eigenvalue weighted by Gasteiger charge is 2.02. The Hall–Kier alpha value is -1.69. The molecule has 0 aliphatic carbocycles. The van der Waals surface area contributed by atoms with Gasteiger partial charge in [0.1, 0.15) is 0 Å². The van der Waals surface area contributed by atoms with Crippen LogP contribution in [-0.2, 0) is 6.54 Å².